The third kappa shape index (κ3) is 4.91. The summed E-state index contributed by atoms with van der Waals surface area (Å²) in [5, 5.41) is 2.41. The zero-order chi connectivity index (χ0) is 24.4. The first-order chi connectivity index (χ1) is 16.2. The van der Waals surface area contributed by atoms with E-state index in [-0.39, 0.29) is 11.1 Å². The number of epoxide rings is 1. The molecule has 0 aliphatic carbocycles. The molecule has 1 heterocycles. The molecule has 0 bridgehead atoms. The Bertz CT molecular complexity index is 1150. The molecule has 1 saturated heterocycles. The lowest BCUT2D eigenvalue weighted by Crippen LogP contribution is -2.66. The fraction of sp³-hybridized carbons (Fsp3) is 0.357. The normalized spacial score (nSPS) is 18.6. The van der Waals surface area contributed by atoms with Gasteiger partial charge in [0.15, 0.2) is 5.44 Å². The summed E-state index contributed by atoms with van der Waals surface area (Å²) < 4.78 is 38.2. The first-order valence-corrected chi connectivity index (χ1v) is 15.3. The molecule has 1 aliphatic heterocycles. The minimum atomic E-state index is -3.46. The molecule has 0 amide bonds. The molecule has 0 spiro atoms. The Kier molecular flexibility index (Phi) is 7.15. The van der Waals surface area contributed by atoms with Gasteiger partial charge in [-0.3, -0.25) is 0 Å². The van der Waals surface area contributed by atoms with E-state index in [1.54, 1.807) is 12.1 Å². The number of hydrogen-bond acceptors (Lipinski definition) is 4. The lowest BCUT2D eigenvalue weighted by Gasteiger charge is -2.43. The topological polar surface area (TPSA) is 55.9 Å². The second-order valence-corrected chi connectivity index (χ2v) is 16.4. The number of benzene rings is 3. The second kappa shape index (κ2) is 9.78. The highest BCUT2D eigenvalue weighted by atomic mass is 32.2. The molecule has 3 aromatic rings. The summed E-state index contributed by atoms with van der Waals surface area (Å²) in [5.41, 5.74) is 0.288. The van der Waals surface area contributed by atoms with E-state index in [2.05, 4.69) is 69.3 Å². The van der Waals surface area contributed by atoms with Crippen LogP contribution in [0.15, 0.2) is 89.8 Å². The van der Waals surface area contributed by atoms with Crippen LogP contribution in [0.25, 0.3) is 0 Å². The van der Waals surface area contributed by atoms with Gasteiger partial charge in [0, 0.05) is 6.61 Å². The minimum Gasteiger partial charge on any atom is -0.407 e. The van der Waals surface area contributed by atoms with Crippen LogP contribution in [-0.2, 0) is 19.0 Å². The maximum atomic E-state index is 12.9. The fourth-order valence-electron chi connectivity index (χ4n) is 4.74. The van der Waals surface area contributed by atoms with Gasteiger partial charge >= 0.3 is 0 Å². The molecule has 0 unspecified atom stereocenters. The highest BCUT2D eigenvalue weighted by Gasteiger charge is 2.51. The van der Waals surface area contributed by atoms with Crippen LogP contribution in [0, 0.1) is 6.92 Å². The maximum absolute atomic E-state index is 12.9. The van der Waals surface area contributed by atoms with Crippen molar-refractivity contribution in [2.75, 3.05) is 6.61 Å². The van der Waals surface area contributed by atoms with Gasteiger partial charge < -0.3 is 9.16 Å². The molecule has 3 aromatic carbocycles. The number of aryl methyl sites for hydroxylation is 1. The summed E-state index contributed by atoms with van der Waals surface area (Å²) >= 11 is 0. The summed E-state index contributed by atoms with van der Waals surface area (Å²) in [4.78, 5) is 0.328. The summed E-state index contributed by atoms with van der Waals surface area (Å²) in [5.74, 6) is 0. The smallest absolute Gasteiger partial charge is 0.261 e. The molecular weight excluding hydrogens is 460 g/mol. The average Bonchev–Trinajstić information content (AvgIpc) is 3.60. The molecule has 4 rings (SSSR count). The largest absolute Gasteiger partial charge is 0.407 e. The van der Waals surface area contributed by atoms with Crippen molar-refractivity contribution < 1.29 is 17.6 Å². The van der Waals surface area contributed by atoms with Gasteiger partial charge in [0.05, 0.1) is 4.90 Å². The summed E-state index contributed by atoms with van der Waals surface area (Å²) in [6.45, 7) is 9.28. The van der Waals surface area contributed by atoms with Crippen molar-refractivity contribution in [3.63, 3.8) is 0 Å². The third-order valence-corrected chi connectivity index (χ3v) is 13.6. The summed E-state index contributed by atoms with van der Waals surface area (Å²) in [6, 6.07) is 28.1. The molecule has 180 valence electrons. The molecule has 0 aromatic heterocycles. The van der Waals surface area contributed by atoms with Crippen molar-refractivity contribution in [3.05, 3.63) is 90.5 Å². The zero-order valence-corrected chi connectivity index (χ0v) is 22.2. The Balaban J connectivity index is 1.46. The van der Waals surface area contributed by atoms with Crippen molar-refractivity contribution >= 4 is 28.5 Å². The molecule has 2 atom stereocenters. The number of ether oxygens (including phenoxy) is 1. The minimum absolute atomic E-state index is 0.0803. The standard InChI is InChI=1S/C28H34O4SSi/c1-22-17-19-23(20-18-22)33(29,30)27-26(32-27)16-11-21-31-34(28(2,3)4,24-12-7-5-8-13-24)25-14-9-6-10-15-25/h5-10,12-15,17-20,26-27H,11,16,21H2,1-4H3/t26-,27+/m0/s1. The van der Waals surface area contributed by atoms with Crippen LogP contribution < -0.4 is 10.4 Å². The Morgan fingerprint density at radius 1 is 0.853 bits per heavy atom. The van der Waals surface area contributed by atoms with Crippen LogP contribution in [0.2, 0.25) is 5.04 Å². The van der Waals surface area contributed by atoms with Crippen LogP contribution >= 0.6 is 0 Å². The van der Waals surface area contributed by atoms with E-state index in [1.165, 1.54) is 10.4 Å². The van der Waals surface area contributed by atoms with Gasteiger partial charge in [0.2, 0.25) is 9.84 Å². The van der Waals surface area contributed by atoms with Gasteiger partial charge in [0.25, 0.3) is 8.32 Å². The maximum Gasteiger partial charge on any atom is 0.261 e. The number of rotatable bonds is 9. The Labute approximate surface area is 205 Å². The van der Waals surface area contributed by atoms with Crippen LogP contribution in [0.3, 0.4) is 0 Å². The second-order valence-electron chi connectivity index (χ2n) is 10.1. The van der Waals surface area contributed by atoms with E-state index in [0.29, 0.717) is 17.9 Å². The quantitative estimate of drug-likeness (QED) is 0.242. The van der Waals surface area contributed by atoms with Gasteiger partial charge in [-0.05, 0) is 47.3 Å². The van der Waals surface area contributed by atoms with Crippen molar-refractivity contribution in [2.24, 2.45) is 0 Å². The van der Waals surface area contributed by atoms with Crippen molar-refractivity contribution in [1.29, 1.82) is 0 Å². The lowest BCUT2D eigenvalue weighted by atomic mass is 10.2. The molecule has 0 saturated carbocycles. The van der Waals surface area contributed by atoms with Crippen molar-refractivity contribution in [1.82, 2.24) is 0 Å². The number of hydrogen-bond donors (Lipinski definition) is 0. The van der Waals surface area contributed by atoms with E-state index in [0.717, 1.165) is 12.0 Å². The first kappa shape index (κ1) is 24.9. The Hall–Kier alpha value is -2.25. The predicted octanol–water partition coefficient (Wildman–Crippen LogP) is 4.85. The predicted molar refractivity (Wildman–Crippen MR) is 140 cm³/mol. The molecule has 1 aliphatic rings. The van der Waals surface area contributed by atoms with Crippen LogP contribution in [0.4, 0.5) is 0 Å². The SMILES string of the molecule is Cc1ccc(S(=O)(=O)[C@H]2O[C@H]2CCCO[Si](c2ccccc2)(c2ccccc2)C(C)(C)C)cc1. The fourth-order valence-corrected chi connectivity index (χ4v) is 11.0. The van der Waals surface area contributed by atoms with Crippen LogP contribution in [-0.4, -0.2) is 34.9 Å². The zero-order valence-electron chi connectivity index (χ0n) is 20.4. The Morgan fingerprint density at radius 3 is 1.88 bits per heavy atom. The first-order valence-electron chi connectivity index (χ1n) is 11.9. The molecule has 1 fully saturated rings. The van der Waals surface area contributed by atoms with E-state index in [4.69, 9.17) is 9.16 Å². The van der Waals surface area contributed by atoms with Crippen molar-refractivity contribution in [3.8, 4) is 0 Å². The van der Waals surface area contributed by atoms with Gasteiger partial charge in [-0.2, -0.15) is 0 Å². The summed E-state index contributed by atoms with van der Waals surface area (Å²) in [7, 11) is -6.03. The van der Waals surface area contributed by atoms with E-state index in [1.807, 2.05) is 31.2 Å². The highest BCUT2D eigenvalue weighted by molar-refractivity contribution is 7.92. The summed E-state index contributed by atoms with van der Waals surface area (Å²) in [6.07, 6.45) is 1.14. The Morgan fingerprint density at radius 2 is 1.38 bits per heavy atom. The molecule has 6 heteroatoms. The number of sulfone groups is 1. The molecular formula is C28H34O4SSi. The van der Waals surface area contributed by atoms with Gasteiger partial charge in [-0.25, -0.2) is 8.42 Å². The average molecular weight is 495 g/mol. The van der Waals surface area contributed by atoms with Gasteiger partial charge in [0.1, 0.15) is 6.10 Å². The van der Waals surface area contributed by atoms with E-state index >= 15 is 0 Å². The highest BCUT2D eigenvalue weighted by Crippen LogP contribution is 2.38. The van der Waals surface area contributed by atoms with Crippen LogP contribution in [0.5, 0.6) is 0 Å². The molecule has 0 N–H and O–H groups in total. The van der Waals surface area contributed by atoms with Gasteiger partial charge in [-0.1, -0.05) is 99.1 Å². The molecule has 0 radical (unpaired) electrons. The third-order valence-electron chi connectivity index (χ3n) is 6.56. The van der Waals surface area contributed by atoms with E-state index < -0.39 is 23.6 Å². The van der Waals surface area contributed by atoms with Crippen molar-refractivity contribution in [2.45, 2.75) is 62.0 Å². The van der Waals surface area contributed by atoms with Gasteiger partial charge in [-0.15, -0.1) is 0 Å². The monoisotopic (exact) mass is 494 g/mol. The van der Waals surface area contributed by atoms with Crippen LogP contribution in [0.1, 0.15) is 39.2 Å². The molecule has 34 heavy (non-hydrogen) atoms. The van der Waals surface area contributed by atoms with E-state index in [9.17, 15) is 8.42 Å². The molecule has 4 nitrogen and oxygen atoms in total. The lowest BCUT2D eigenvalue weighted by molar-refractivity contribution is 0.278.